The number of aryl methyl sites for hydroxylation is 1. The third-order valence-electron chi connectivity index (χ3n) is 4.08. The molecule has 2 aromatic carbocycles. The quantitative estimate of drug-likeness (QED) is 0.804. The van der Waals surface area contributed by atoms with Gasteiger partial charge in [-0.25, -0.2) is 0 Å². The van der Waals surface area contributed by atoms with Crippen LogP contribution in [0.2, 0.25) is 0 Å². The second kappa shape index (κ2) is 6.13. The molecule has 0 aliphatic carbocycles. The lowest BCUT2D eigenvalue weighted by Crippen LogP contribution is -2.23. The number of amides is 1. The van der Waals surface area contributed by atoms with Gasteiger partial charge in [-0.3, -0.25) is 4.79 Å². The molecule has 21 heavy (non-hydrogen) atoms. The molecular formula is C19H21NO. The first-order valence-electron chi connectivity index (χ1n) is 7.73. The molecule has 0 saturated carbocycles. The summed E-state index contributed by atoms with van der Waals surface area (Å²) in [6.07, 6.45) is 3.52. The van der Waals surface area contributed by atoms with Crippen LogP contribution < -0.4 is 0 Å². The Labute approximate surface area is 126 Å². The highest BCUT2D eigenvalue weighted by atomic mass is 16.2. The number of hydrogen-bond donors (Lipinski definition) is 0. The first kappa shape index (κ1) is 13.9. The molecule has 0 bridgehead atoms. The SMILES string of the molecule is CCCCc1ccc2c(c1)CN(Cc1ccccc1)C2=O. The van der Waals surface area contributed by atoms with Crippen LogP contribution in [0.1, 0.15) is 46.8 Å². The minimum atomic E-state index is 0.163. The molecular weight excluding hydrogens is 258 g/mol. The van der Waals surface area contributed by atoms with E-state index in [2.05, 4.69) is 31.2 Å². The van der Waals surface area contributed by atoms with Crippen LogP contribution in [-0.2, 0) is 19.5 Å². The first-order valence-corrected chi connectivity index (χ1v) is 7.73. The van der Waals surface area contributed by atoms with Gasteiger partial charge in [0.1, 0.15) is 0 Å². The lowest BCUT2D eigenvalue weighted by Gasteiger charge is -2.15. The molecule has 0 aromatic heterocycles. The lowest BCUT2D eigenvalue weighted by molar-refractivity contribution is 0.0766. The monoisotopic (exact) mass is 279 g/mol. The maximum atomic E-state index is 12.5. The molecule has 108 valence electrons. The number of rotatable bonds is 5. The van der Waals surface area contributed by atoms with Crippen molar-refractivity contribution >= 4 is 5.91 Å². The topological polar surface area (TPSA) is 20.3 Å². The Balaban J connectivity index is 1.75. The molecule has 1 amide bonds. The van der Waals surface area contributed by atoms with Crippen molar-refractivity contribution in [3.8, 4) is 0 Å². The maximum absolute atomic E-state index is 12.5. The Bertz CT molecular complexity index is 633. The molecule has 0 unspecified atom stereocenters. The minimum Gasteiger partial charge on any atom is -0.330 e. The molecule has 3 rings (SSSR count). The molecule has 1 aliphatic heterocycles. The molecule has 0 spiro atoms. The van der Waals surface area contributed by atoms with Gasteiger partial charge >= 0.3 is 0 Å². The van der Waals surface area contributed by atoms with Crippen LogP contribution in [0.25, 0.3) is 0 Å². The zero-order chi connectivity index (χ0) is 14.7. The number of unbranched alkanes of at least 4 members (excludes halogenated alkanes) is 1. The average molecular weight is 279 g/mol. The fourth-order valence-corrected chi connectivity index (χ4v) is 2.90. The van der Waals surface area contributed by atoms with Gasteiger partial charge in [-0.05, 0) is 35.6 Å². The molecule has 0 atom stereocenters. The van der Waals surface area contributed by atoms with Crippen LogP contribution in [0.15, 0.2) is 48.5 Å². The van der Waals surface area contributed by atoms with Crippen molar-refractivity contribution in [2.45, 2.75) is 39.3 Å². The van der Waals surface area contributed by atoms with Gasteiger partial charge in [-0.2, -0.15) is 0 Å². The van der Waals surface area contributed by atoms with Crippen molar-refractivity contribution in [3.05, 3.63) is 70.8 Å². The summed E-state index contributed by atoms with van der Waals surface area (Å²) in [6.45, 7) is 3.64. The number of hydrogen-bond acceptors (Lipinski definition) is 1. The molecule has 0 radical (unpaired) electrons. The largest absolute Gasteiger partial charge is 0.330 e. The summed E-state index contributed by atoms with van der Waals surface area (Å²) in [5.74, 6) is 0.163. The molecule has 2 nitrogen and oxygen atoms in total. The predicted octanol–water partition coefficient (Wildman–Crippen LogP) is 4.19. The number of fused-ring (bicyclic) bond motifs is 1. The summed E-state index contributed by atoms with van der Waals surface area (Å²) in [6, 6.07) is 16.5. The van der Waals surface area contributed by atoms with E-state index in [9.17, 15) is 4.79 Å². The molecule has 1 aliphatic rings. The van der Waals surface area contributed by atoms with E-state index in [0.717, 1.165) is 18.5 Å². The molecule has 2 heteroatoms. The van der Waals surface area contributed by atoms with Gasteiger partial charge in [0.25, 0.3) is 5.91 Å². The first-order chi connectivity index (χ1) is 10.3. The van der Waals surface area contributed by atoms with E-state index in [-0.39, 0.29) is 5.91 Å². The lowest BCUT2D eigenvalue weighted by atomic mass is 10.0. The Morgan fingerprint density at radius 1 is 1.05 bits per heavy atom. The summed E-state index contributed by atoms with van der Waals surface area (Å²) in [7, 11) is 0. The molecule has 0 fully saturated rings. The molecule has 0 N–H and O–H groups in total. The van der Waals surface area contributed by atoms with E-state index < -0.39 is 0 Å². The summed E-state index contributed by atoms with van der Waals surface area (Å²) in [5, 5.41) is 0. The smallest absolute Gasteiger partial charge is 0.254 e. The Morgan fingerprint density at radius 2 is 1.86 bits per heavy atom. The minimum absolute atomic E-state index is 0.163. The number of carbonyl (C=O) groups excluding carboxylic acids is 1. The normalized spacial score (nSPS) is 13.6. The summed E-state index contributed by atoms with van der Waals surface area (Å²) >= 11 is 0. The Hall–Kier alpha value is -2.09. The summed E-state index contributed by atoms with van der Waals surface area (Å²) < 4.78 is 0. The van der Waals surface area contributed by atoms with Crippen LogP contribution in [0.4, 0.5) is 0 Å². The fourth-order valence-electron chi connectivity index (χ4n) is 2.90. The maximum Gasteiger partial charge on any atom is 0.254 e. The van der Waals surface area contributed by atoms with Crippen molar-refractivity contribution in [1.82, 2.24) is 4.90 Å². The van der Waals surface area contributed by atoms with E-state index in [4.69, 9.17) is 0 Å². The Morgan fingerprint density at radius 3 is 2.62 bits per heavy atom. The van der Waals surface area contributed by atoms with Crippen molar-refractivity contribution in [2.24, 2.45) is 0 Å². The molecule has 2 aromatic rings. The van der Waals surface area contributed by atoms with E-state index in [1.165, 1.54) is 29.5 Å². The number of nitrogens with zero attached hydrogens (tertiary/aromatic N) is 1. The highest BCUT2D eigenvalue weighted by Crippen LogP contribution is 2.26. The highest BCUT2D eigenvalue weighted by Gasteiger charge is 2.27. The summed E-state index contributed by atoms with van der Waals surface area (Å²) in [5.41, 5.74) is 4.60. The van der Waals surface area contributed by atoms with Crippen molar-refractivity contribution in [1.29, 1.82) is 0 Å². The van der Waals surface area contributed by atoms with Gasteiger partial charge < -0.3 is 4.90 Å². The van der Waals surface area contributed by atoms with Gasteiger partial charge in [-0.15, -0.1) is 0 Å². The Kier molecular flexibility index (Phi) is 4.05. The second-order valence-corrected chi connectivity index (χ2v) is 5.74. The van der Waals surface area contributed by atoms with E-state index >= 15 is 0 Å². The van der Waals surface area contributed by atoms with Crippen LogP contribution in [0.3, 0.4) is 0 Å². The second-order valence-electron chi connectivity index (χ2n) is 5.74. The molecule has 1 heterocycles. The van der Waals surface area contributed by atoms with Crippen LogP contribution in [0, 0.1) is 0 Å². The zero-order valence-electron chi connectivity index (χ0n) is 12.5. The number of carbonyl (C=O) groups is 1. The average Bonchev–Trinajstić information content (AvgIpc) is 2.82. The zero-order valence-corrected chi connectivity index (χ0v) is 12.5. The summed E-state index contributed by atoms with van der Waals surface area (Å²) in [4.78, 5) is 14.4. The molecule has 0 saturated heterocycles. The van der Waals surface area contributed by atoms with Crippen molar-refractivity contribution in [3.63, 3.8) is 0 Å². The number of benzene rings is 2. The van der Waals surface area contributed by atoms with Crippen LogP contribution in [0.5, 0.6) is 0 Å². The fraction of sp³-hybridized carbons (Fsp3) is 0.316. The van der Waals surface area contributed by atoms with Crippen molar-refractivity contribution in [2.75, 3.05) is 0 Å². The van der Waals surface area contributed by atoms with Gasteiger partial charge in [-0.1, -0.05) is 55.8 Å². The predicted molar refractivity (Wildman–Crippen MR) is 85.1 cm³/mol. The van der Waals surface area contributed by atoms with Crippen LogP contribution in [-0.4, -0.2) is 10.8 Å². The van der Waals surface area contributed by atoms with Gasteiger partial charge in [0, 0.05) is 18.7 Å². The van der Waals surface area contributed by atoms with Gasteiger partial charge in [0.2, 0.25) is 0 Å². The highest BCUT2D eigenvalue weighted by molar-refractivity contribution is 5.98. The standard InChI is InChI=1S/C19H21NO/c1-2-3-7-15-10-11-18-17(12-15)14-20(19(18)21)13-16-8-5-4-6-9-16/h4-6,8-12H,2-3,7,13-14H2,1H3. The third-order valence-corrected chi connectivity index (χ3v) is 4.08. The van der Waals surface area contributed by atoms with Crippen LogP contribution >= 0.6 is 0 Å². The van der Waals surface area contributed by atoms with Crippen molar-refractivity contribution < 1.29 is 4.79 Å². The van der Waals surface area contributed by atoms with E-state index in [0.29, 0.717) is 6.54 Å². The van der Waals surface area contributed by atoms with Gasteiger partial charge in [0.15, 0.2) is 0 Å². The van der Waals surface area contributed by atoms with E-state index in [1.54, 1.807) is 0 Å². The van der Waals surface area contributed by atoms with Gasteiger partial charge in [0.05, 0.1) is 0 Å². The third kappa shape index (κ3) is 2.99. The van der Waals surface area contributed by atoms with E-state index in [1.807, 2.05) is 29.2 Å².